The maximum absolute atomic E-state index is 14.0. The van der Waals surface area contributed by atoms with Crippen LogP contribution in [0.2, 0.25) is 5.02 Å². The summed E-state index contributed by atoms with van der Waals surface area (Å²) in [6.07, 6.45) is 0.700. The van der Waals surface area contributed by atoms with Crippen LogP contribution in [0.25, 0.3) is 21.3 Å². The number of carboxylic acids is 1. The highest BCUT2D eigenvalue weighted by Gasteiger charge is 2.53. The number of alkyl halides is 3. The fraction of sp³-hybridized carbons (Fsp3) is 0.486. The van der Waals surface area contributed by atoms with E-state index in [2.05, 4.69) is 4.98 Å². The molecular formula is C35H35ClF3N3O4S. The third-order valence-electron chi connectivity index (χ3n) is 10.5. The van der Waals surface area contributed by atoms with Gasteiger partial charge in [0, 0.05) is 38.2 Å². The van der Waals surface area contributed by atoms with Gasteiger partial charge in [-0.1, -0.05) is 11.6 Å². The van der Waals surface area contributed by atoms with Crippen LogP contribution in [-0.2, 0) is 18.4 Å². The second kappa shape index (κ2) is 11.9. The summed E-state index contributed by atoms with van der Waals surface area (Å²) in [5.74, 6) is -0.719. The van der Waals surface area contributed by atoms with Crippen molar-refractivity contribution >= 4 is 39.1 Å². The van der Waals surface area contributed by atoms with Crippen LogP contribution in [0.15, 0.2) is 34.4 Å². The molecule has 0 saturated heterocycles. The van der Waals surface area contributed by atoms with E-state index in [9.17, 15) is 27.9 Å². The topological polar surface area (TPSA) is 94.3 Å². The van der Waals surface area contributed by atoms with Gasteiger partial charge in [-0.3, -0.25) is 14.3 Å². The van der Waals surface area contributed by atoms with Crippen molar-refractivity contribution in [3.8, 4) is 16.9 Å². The van der Waals surface area contributed by atoms with Crippen LogP contribution in [0.4, 0.5) is 13.2 Å². The number of hydrogen-bond donors (Lipinski definition) is 1. The zero-order valence-corrected chi connectivity index (χ0v) is 27.7. The van der Waals surface area contributed by atoms with E-state index in [0.717, 1.165) is 36.1 Å². The van der Waals surface area contributed by atoms with Crippen molar-refractivity contribution in [1.29, 1.82) is 0 Å². The number of nitrogens with zero attached hydrogens (tertiary/aromatic N) is 3. The van der Waals surface area contributed by atoms with Crippen molar-refractivity contribution in [1.82, 2.24) is 14.5 Å². The Kier molecular flexibility index (Phi) is 8.14. The number of carboxylic acid groups (broad SMARTS) is 1. The number of fused-ring (bicyclic) bond motifs is 3. The van der Waals surface area contributed by atoms with Crippen molar-refractivity contribution in [3.63, 3.8) is 0 Å². The smallest absolute Gasteiger partial charge is 0.391 e. The molecule has 1 aromatic carbocycles. The molecule has 3 aliphatic carbocycles. The van der Waals surface area contributed by atoms with Gasteiger partial charge in [-0.25, -0.2) is 9.78 Å². The number of aryl methyl sites for hydroxylation is 2. The Morgan fingerprint density at radius 1 is 1.11 bits per heavy atom. The number of ether oxygens (including phenoxy) is 1. The molecule has 1 atom stereocenters. The Labute approximate surface area is 278 Å². The molecule has 0 unspecified atom stereocenters. The summed E-state index contributed by atoms with van der Waals surface area (Å²) in [5.41, 5.74) is 4.06. The third-order valence-corrected chi connectivity index (χ3v) is 11.8. The number of aromatic nitrogens is 3. The van der Waals surface area contributed by atoms with Gasteiger partial charge in [0.2, 0.25) is 0 Å². The molecule has 3 heterocycles. The molecule has 7 nitrogen and oxygen atoms in total. The van der Waals surface area contributed by atoms with Crippen LogP contribution < -0.4 is 10.3 Å². The quantitative estimate of drug-likeness (QED) is 0.210. The van der Waals surface area contributed by atoms with Gasteiger partial charge in [-0.05, 0) is 101 Å². The molecule has 248 valence electrons. The molecule has 1 N–H and O–H groups in total. The van der Waals surface area contributed by atoms with E-state index in [0.29, 0.717) is 57.3 Å². The number of carbonyl (C=O) groups is 1. The standard InChI is InChI=1S/C35H35ClF3N3O4S/c1-18-13-25(30-29(40-18)27(17-47-30)33(44)45)24-15-23(36)7-8-28(24)46-12-11-42-19(2)41-31-26(32(42)43)14-21(16-34(31)9-10-34)20-3-5-22(6-4-20)35(37,38)39/h7-8,13,15,17,20-22H,3-6,9-12,14,16H2,1-2H3,(H,44,45)/t20?,21-,22?/m0/s1. The normalized spacial score (nSPS) is 22.0. The first-order chi connectivity index (χ1) is 22.3. The van der Waals surface area contributed by atoms with Crippen LogP contribution in [0.1, 0.15) is 78.1 Å². The van der Waals surface area contributed by atoms with Crippen molar-refractivity contribution < 1.29 is 27.8 Å². The molecule has 0 radical (unpaired) electrons. The molecule has 1 spiro atoms. The van der Waals surface area contributed by atoms with E-state index in [4.69, 9.17) is 21.3 Å². The molecule has 7 rings (SSSR count). The Morgan fingerprint density at radius 2 is 1.85 bits per heavy atom. The van der Waals surface area contributed by atoms with E-state index in [1.165, 1.54) is 11.3 Å². The van der Waals surface area contributed by atoms with Crippen molar-refractivity contribution in [2.45, 2.75) is 83.4 Å². The molecule has 0 amide bonds. The predicted octanol–water partition coefficient (Wildman–Crippen LogP) is 8.53. The number of hydrogen-bond acceptors (Lipinski definition) is 6. The zero-order chi connectivity index (χ0) is 33.2. The zero-order valence-electron chi connectivity index (χ0n) is 26.1. The fourth-order valence-corrected chi connectivity index (χ4v) is 9.12. The molecule has 3 aromatic heterocycles. The second-order valence-electron chi connectivity index (χ2n) is 13.5. The van der Waals surface area contributed by atoms with Gasteiger partial charge < -0.3 is 9.84 Å². The predicted molar refractivity (Wildman–Crippen MR) is 175 cm³/mol. The van der Waals surface area contributed by atoms with Crippen LogP contribution in [-0.4, -0.2) is 38.4 Å². The summed E-state index contributed by atoms with van der Waals surface area (Å²) in [4.78, 5) is 35.3. The second-order valence-corrected chi connectivity index (χ2v) is 14.8. The SMILES string of the molecule is Cc1cc(-c2cc(Cl)ccc2OCCn2c(C)nc3c(c2=O)C[C@H](C2CCC(C(F)(F)F)CC2)CC32CC2)c2scc(C(=O)O)c2n1. The number of halogens is 4. The number of thiophene rings is 1. The van der Waals surface area contributed by atoms with Gasteiger partial charge >= 0.3 is 12.1 Å². The van der Waals surface area contributed by atoms with E-state index in [1.54, 1.807) is 35.1 Å². The molecule has 2 fully saturated rings. The minimum Gasteiger partial charge on any atom is -0.491 e. The van der Waals surface area contributed by atoms with Crippen LogP contribution in [0, 0.1) is 31.6 Å². The fourth-order valence-electron chi connectivity index (χ4n) is 7.94. The van der Waals surface area contributed by atoms with E-state index in [-0.39, 0.29) is 54.4 Å². The molecule has 3 aliphatic rings. The van der Waals surface area contributed by atoms with Crippen LogP contribution >= 0.6 is 22.9 Å². The number of benzene rings is 1. The maximum atomic E-state index is 14.0. The highest BCUT2D eigenvalue weighted by molar-refractivity contribution is 7.18. The number of rotatable bonds is 7. The first-order valence-electron chi connectivity index (χ1n) is 16.1. The molecule has 4 aromatic rings. The third kappa shape index (κ3) is 5.94. The van der Waals surface area contributed by atoms with E-state index >= 15 is 0 Å². The number of aromatic carboxylic acids is 1. The van der Waals surface area contributed by atoms with Gasteiger partial charge in [0.1, 0.15) is 18.2 Å². The summed E-state index contributed by atoms with van der Waals surface area (Å²) in [7, 11) is 0. The first kappa shape index (κ1) is 32.1. The van der Waals surface area contributed by atoms with Gasteiger partial charge in [0.15, 0.2) is 0 Å². The van der Waals surface area contributed by atoms with E-state index < -0.39 is 18.1 Å². The monoisotopic (exact) mass is 685 g/mol. The Morgan fingerprint density at radius 3 is 2.53 bits per heavy atom. The summed E-state index contributed by atoms with van der Waals surface area (Å²) in [6.45, 7) is 4.07. The summed E-state index contributed by atoms with van der Waals surface area (Å²) in [5, 5.41) is 11.7. The van der Waals surface area contributed by atoms with Gasteiger partial charge in [-0.15, -0.1) is 11.3 Å². The lowest BCUT2D eigenvalue weighted by atomic mass is 9.67. The average molecular weight is 686 g/mol. The van der Waals surface area contributed by atoms with Crippen LogP contribution in [0.5, 0.6) is 5.75 Å². The number of pyridine rings is 1. The summed E-state index contributed by atoms with van der Waals surface area (Å²) < 4.78 is 48.6. The van der Waals surface area contributed by atoms with E-state index in [1.807, 2.05) is 13.0 Å². The van der Waals surface area contributed by atoms with Gasteiger partial charge in [0.25, 0.3) is 5.56 Å². The van der Waals surface area contributed by atoms with Crippen molar-refractivity contribution in [2.75, 3.05) is 6.61 Å². The lowest BCUT2D eigenvalue weighted by Gasteiger charge is -2.39. The Balaban J connectivity index is 1.13. The molecular weight excluding hydrogens is 651 g/mol. The average Bonchev–Trinajstić information content (AvgIpc) is 3.66. The summed E-state index contributed by atoms with van der Waals surface area (Å²) >= 11 is 7.70. The lowest BCUT2D eigenvalue weighted by molar-refractivity contribution is -0.185. The highest BCUT2D eigenvalue weighted by Crippen LogP contribution is 2.58. The maximum Gasteiger partial charge on any atom is 0.391 e. The first-order valence-corrected chi connectivity index (χ1v) is 17.3. The Bertz CT molecular complexity index is 1940. The van der Waals surface area contributed by atoms with Crippen molar-refractivity contribution in [3.05, 3.63) is 73.4 Å². The summed E-state index contributed by atoms with van der Waals surface area (Å²) in [6, 6.07) is 7.14. The largest absolute Gasteiger partial charge is 0.491 e. The van der Waals surface area contributed by atoms with Crippen molar-refractivity contribution in [2.24, 2.45) is 17.8 Å². The Hall–Kier alpha value is -3.44. The molecule has 0 aliphatic heterocycles. The highest BCUT2D eigenvalue weighted by atomic mass is 35.5. The molecule has 0 bridgehead atoms. The molecule has 47 heavy (non-hydrogen) atoms. The minimum absolute atomic E-state index is 0.0846. The lowest BCUT2D eigenvalue weighted by Crippen LogP contribution is -2.40. The molecule has 2 saturated carbocycles. The molecule has 12 heteroatoms. The van der Waals surface area contributed by atoms with Gasteiger partial charge in [0.05, 0.1) is 33.9 Å². The van der Waals surface area contributed by atoms with Crippen LogP contribution in [0.3, 0.4) is 0 Å². The van der Waals surface area contributed by atoms with Gasteiger partial charge in [-0.2, -0.15) is 13.2 Å². The minimum atomic E-state index is -4.14.